The number of fused-ring (bicyclic) bond motifs is 2. The van der Waals surface area contributed by atoms with Gasteiger partial charge in [0.15, 0.2) is 0 Å². The Balaban J connectivity index is 1.97. The number of oxime groups is 1. The molecule has 0 aromatic rings. The van der Waals surface area contributed by atoms with Gasteiger partial charge in [-0.1, -0.05) is 5.16 Å². The van der Waals surface area contributed by atoms with E-state index < -0.39 is 5.60 Å². The van der Waals surface area contributed by atoms with Crippen molar-refractivity contribution in [3.05, 3.63) is 0 Å². The third-order valence-corrected chi connectivity index (χ3v) is 3.02. The maximum absolute atomic E-state index is 11.9. The SMILES string of the molecule is CC(C)(C)OC(=O)N1C2CC(=NO)C[C@H]1C2. The summed E-state index contributed by atoms with van der Waals surface area (Å²) in [6.07, 6.45) is 2.10. The summed E-state index contributed by atoms with van der Waals surface area (Å²) >= 11 is 0. The molecule has 2 aliphatic heterocycles. The van der Waals surface area contributed by atoms with Crippen LogP contribution in [0.3, 0.4) is 0 Å². The zero-order valence-corrected chi connectivity index (χ0v) is 9.93. The van der Waals surface area contributed by atoms with E-state index in [1.165, 1.54) is 0 Å². The van der Waals surface area contributed by atoms with Crippen molar-refractivity contribution in [3.8, 4) is 0 Å². The van der Waals surface area contributed by atoms with E-state index in [1.54, 1.807) is 4.90 Å². The molecule has 1 amide bonds. The predicted molar refractivity (Wildman–Crippen MR) is 58.7 cm³/mol. The summed E-state index contributed by atoms with van der Waals surface area (Å²) in [6.45, 7) is 5.59. The Morgan fingerprint density at radius 2 is 2.00 bits per heavy atom. The lowest BCUT2D eigenvalue weighted by atomic mass is 9.79. The second-order valence-corrected chi connectivity index (χ2v) is 5.51. The predicted octanol–water partition coefficient (Wildman–Crippen LogP) is 1.99. The van der Waals surface area contributed by atoms with Gasteiger partial charge in [0.2, 0.25) is 0 Å². The smallest absolute Gasteiger partial charge is 0.410 e. The fourth-order valence-electron chi connectivity index (χ4n) is 2.39. The summed E-state index contributed by atoms with van der Waals surface area (Å²) < 4.78 is 5.33. The average molecular weight is 226 g/mol. The van der Waals surface area contributed by atoms with E-state index in [0.717, 1.165) is 12.1 Å². The minimum atomic E-state index is -0.450. The Kier molecular flexibility index (Phi) is 2.56. The molecule has 1 aliphatic carbocycles. The molecule has 1 unspecified atom stereocenters. The first kappa shape index (κ1) is 11.2. The van der Waals surface area contributed by atoms with E-state index in [9.17, 15) is 4.79 Å². The van der Waals surface area contributed by atoms with Gasteiger partial charge in [-0.15, -0.1) is 0 Å². The largest absolute Gasteiger partial charge is 0.444 e. The van der Waals surface area contributed by atoms with Crippen LogP contribution in [0.15, 0.2) is 5.16 Å². The molecule has 90 valence electrons. The van der Waals surface area contributed by atoms with E-state index in [-0.39, 0.29) is 18.2 Å². The van der Waals surface area contributed by atoms with Crippen LogP contribution in [0, 0.1) is 0 Å². The first-order valence-electron chi connectivity index (χ1n) is 5.62. The summed E-state index contributed by atoms with van der Waals surface area (Å²) in [7, 11) is 0. The number of carbonyl (C=O) groups is 1. The Hall–Kier alpha value is -1.26. The number of carbonyl (C=O) groups excluding carboxylic acids is 1. The van der Waals surface area contributed by atoms with Gasteiger partial charge in [-0.25, -0.2) is 4.79 Å². The van der Waals surface area contributed by atoms with E-state index in [0.29, 0.717) is 12.8 Å². The normalized spacial score (nSPS) is 31.2. The van der Waals surface area contributed by atoms with Gasteiger partial charge in [-0.05, 0) is 27.2 Å². The Labute approximate surface area is 95.1 Å². The molecule has 16 heavy (non-hydrogen) atoms. The molecule has 0 radical (unpaired) electrons. The molecule has 3 aliphatic rings. The van der Waals surface area contributed by atoms with Crippen LogP contribution >= 0.6 is 0 Å². The first-order chi connectivity index (χ1) is 7.40. The van der Waals surface area contributed by atoms with E-state index in [4.69, 9.17) is 9.94 Å². The second kappa shape index (κ2) is 3.64. The van der Waals surface area contributed by atoms with Gasteiger partial charge < -0.3 is 14.8 Å². The van der Waals surface area contributed by atoms with Gasteiger partial charge in [0, 0.05) is 24.9 Å². The van der Waals surface area contributed by atoms with Crippen LogP contribution in [0.25, 0.3) is 0 Å². The molecule has 0 aromatic carbocycles. The maximum atomic E-state index is 11.9. The van der Waals surface area contributed by atoms with Crippen molar-refractivity contribution < 1.29 is 14.7 Å². The van der Waals surface area contributed by atoms with Crippen LogP contribution in [0.2, 0.25) is 0 Å². The van der Waals surface area contributed by atoms with Crippen LogP contribution in [-0.2, 0) is 4.74 Å². The van der Waals surface area contributed by atoms with Crippen molar-refractivity contribution in [1.29, 1.82) is 0 Å². The van der Waals surface area contributed by atoms with Gasteiger partial charge >= 0.3 is 6.09 Å². The fourth-order valence-corrected chi connectivity index (χ4v) is 2.39. The third-order valence-electron chi connectivity index (χ3n) is 3.02. The van der Waals surface area contributed by atoms with Crippen molar-refractivity contribution in [1.82, 2.24) is 4.90 Å². The maximum Gasteiger partial charge on any atom is 0.410 e. The lowest BCUT2D eigenvalue weighted by Gasteiger charge is -2.52. The highest BCUT2D eigenvalue weighted by molar-refractivity contribution is 5.89. The standard InChI is InChI=1S/C11H18N2O3/c1-11(2,3)16-10(14)13-8-4-7(12-15)5-9(13)6-8/h8-9,15H,4-6H2,1-3H3/t8-,9?/m0/s1. The number of nitrogens with zero attached hydrogens (tertiary/aromatic N) is 2. The lowest BCUT2D eigenvalue weighted by molar-refractivity contribution is -0.0342. The summed E-state index contributed by atoms with van der Waals surface area (Å²) in [5, 5.41) is 11.9. The highest BCUT2D eigenvalue weighted by Gasteiger charge is 2.48. The molecule has 1 saturated carbocycles. The lowest BCUT2D eigenvalue weighted by Crippen LogP contribution is -2.63. The minimum Gasteiger partial charge on any atom is -0.444 e. The third kappa shape index (κ3) is 1.99. The van der Waals surface area contributed by atoms with Crippen molar-refractivity contribution in [3.63, 3.8) is 0 Å². The van der Waals surface area contributed by atoms with Crippen LogP contribution in [0.1, 0.15) is 40.0 Å². The topological polar surface area (TPSA) is 62.1 Å². The molecule has 2 atom stereocenters. The molecule has 0 aromatic heterocycles. The van der Waals surface area contributed by atoms with Crippen LogP contribution in [0.5, 0.6) is 0 Å². The summed E-state index contributed by atoms with van der Waals surface area (Å²) in [5.74, 6) is 0. The number of ether oxygens (including phenoxy) is 1. The van der Waals surface area contributed by atoms with Crippen molar-refractivity contribution in [2.75, 3.05) is 0 Å². The van der Waals surface area contributed by atoms with Crippen molar-refractivity contribution >= 4 is 11.8 Å². The van der Waals surface area contributed by atoms with Gasteiger partial charge in [-0.3, -0.25) is 0 Å². The summed E-state index contributed by atoms with van der Waals surface area (Å²) in [5.41, 5.74) is 0.343. The zero-order valence-electron chi connectivity index (χ0n) is 9.93. The summed E-state index contributed by atoms with van der Waals surface area (Å²) in [4.78, 5) is 13.6. The van der Waals surface area contributed by atoms with E-state index >= 15 is 0 Å². The average Bonchev–Trinajstić information content (AvgIpc) is 2.14. The monoisotopic (exact) mass is 226 g/mol. The molecule has 5 nitrogen and oxygen atoms in total. The van der Waals surface area contributed by atoms with Crippen molar-refractivity contribution in [2.24, 2.45) is 5.16 Å². The number of piperidine rings is 1. The zero-order chi connectivity index (χ0) is 11.9. The minimum absolute atomic E-state index is 0.166. The molecular formula is C11H18N2O3. The molecule has 2 bridgehead atoms. The number of rotatable bonds is 0. The Morgan fingerprint density at radius 3 is 2.44 bits per heavy atom. The van der Waals surface area contributed by atoms with Gasteiger partial charge in [0.05, 0.1) is 5.71 Å². The van der Waals surface area contributed by atoms with Crippen LogP contribution in [-0.4, -0.2) is 39.6 Å². The molecular weight excluding hydrogens is 208 g/mol. The van der Waals surface area contributed by atoms with Gasteiger partial charge in [0.1, 0.15) is 5.60 Å². The van der Waals surface area contributed by atoms with Crippen LogP contribution < -0.4 is 0 Å². The molecule has 0 spiro atoms. The van der Waals surface area contributed by atoms with Crippen LogP contribution in [0.4, 0.5) is 4.79 Å². The molecule has 3 rings (SSSR count). The molecule has 2 heterocycles. The Bertz CT molecular complexity index is 319. The number of hydrogen-bond donors (Lipinski definition) is 1. The highest BCUT2D eigenvalue weighted by Crippen LogP contribution is 2.37. The van der Waals surface area contributed by atoms with Crippen molar-refractivity contribution in [2.45, 2.75) is 57.7 Å². The quantitative estimate of drug-likeness (QED) is 0.507. The second-order valence-electron chi connectivity index (χ2n) is 5.51. The molecule has 2 saturated heterocycles. The number of amides is 1. The Morgan fingerprint density at radius 1 is 1.44 bits per heavy atom. The van der Waals surface area contributed by atoms with Gasteiger partial charge in [0.25, 0.3) is 0 Å². The fraction of sp³-hybridized carbons (Fsp3) is 0.818. The summed E-state index contributed by atoms with van der Waals surface area (Å²) in [6, 6.07) is 0.332. The van der Waals surface area contributed by atoms with Gasteiger partial charge in [-0.2, -0.15) is 0 Å². The van der Waals surface area contributed by atoms with E-state index in [1.807, 2.05) is 20.8 Å². The molecule has 5 heteroatoms. The van der Waals surface area contributed by atoms with E-state index in [2.05, 4.69) is 5.16 Å². The number of hydrogen-bond acceptors (Lipinski definition) is 4. The molecule has 3 fully saturated rings. The molecule has 1 N–H and O–H groups in total. The highest BCUT2D eigenvalue weighted by atomic mass is 16.6. The first-order valence-corrected chi connectivity index (χ1v) is 5.62.